The van der Waals surface area contributed by atoms with Gasteiger partial charge >= 0.3 is 0 Å². The molecule has 0 aromatic carbocycles. The first-order valence-electron chi connectivity index (χ1n) is 6.07. The molecule has 0 aromatic heterocycles. The van der Waals surface area contributed by atoms with Crippen molar-refractivity contribution in [1.29, 1.82) is 0 Å². The highest BCUT2D eigenvalue weighted by Gasteiger charge is 2.20. The Balaban J connectivity index is 2.33. The Morgan fingerprint density at radius 1 is 1.53 bits per heavy atom. The van der Waals surface area contributed by atoms with Gasteiger partial charge in [-0.25, -0.2) is 8.42 Å². The number of thioether (sulfide) groups is 1. The fourth-order valence-electron chi connectivity index (χ4n) is 1.66. The second kappa shape index (κ2) is 6.64. The third kappa shape index (κ3) is 5.77. The third-order valence-electron chi connectivity index (χ3n) is 2.60. The molecule has 100 valence electrons. The second-order valence-electron chi connectivity index (χ2n) is 4.71. The zero-order valence-electron chi connectivity index (χ0n) is 10.8. The summed E-state index contributed by atoms with van der Waals surface area (Å²) in [6, 6.07) is 0.488. The molecular formula is C11H22N2O2S2. The van der Waals surface area contributed by atoms with Gasteiger partial charge in [-0.3, -0.25) is 4.99 Å². The van der Waals surface area contributed by atoms with Crippen molar-refractivity contribution in [2.24, 2.45) is 10.9 Å². The minimum Gasteiger partial charge on any atom is -0.361 e. The molecule has 1 heterocycles. The van der Waals surface area contributed by atoms with Crippen molar-refractivity contribution < 1.29 is 8.42 Å². The predicted molar refractivity (Wildman–Crippen MR) is 75.5 cm³/mol. The lowest BCUT2D eigenvalue weighted by Crippen LogP contribution is -2.28. The number of hydrogen-bond acceptors (Lipinski definition) is 4. The van der Waals surface area contributed by atoms with Gasteiger partial charge in [0.15, 0.2) is 15.0 Å². The topological polar surface area (TPSA) is 58.5 Å². The van der Waals surface area contributed by atoms with Gasteiger partial charge in [0.05, 0.1) is 12.3 Å². The van der Waals surface area contributed by atoms with Gasteiger partial charge in [-0.1, -0.05) is 32.5 Å². The van der Waals surface area contributed by atoms with Gasteiger partial charge in [0.1, 0.15) is 0 Å². The van der Waals surface area contributed by atoms with Crippen molar-refractivity contribution in [3.05, 3.63) is 0 Å². The van der Waals surface area contributed by atoms with Crippen LogP contribution in [0.4, 0.5) is 0 Å². The highest BCUT2D eigenvalue weighted by atomic mass is 32.2. The molecule has 1 saturated heterocycles. The molecule has 0 aliphatic carbocycles. The van der Waals surface area contributed by atoms with Crippen molar-refractivity contribution in [2.75, 3.05) is 23.8 Å². The van der Waals surface area contributed by atoms with Crippen LogP contribution in [0.25, 0.3) is 0 Å². The lowest BCUT2D eigenvalue weighted by Gasteiger charge is -2.11. The van der Waals surface area contributed by atoms with Crippen LogP contribution in [0.3, 0.4) is 0 Å². The van der Waals surface area contributed by atoms with E-state index in [0.29, 0.717) is 18.5 Å². The first kappa shape index (κ1) is 14.8. The summed E-state index contributed by atoms with van der Waals surface area (Å²) in [5, 5.41) is 4.25. The van der Waals surface area contributed by atoms with Gasteiger partial charge < -0.3 is 5.32 Å². The summed E-state index contributed by atoms with van der Waals surface area (Å²) in [5.41, 5.74) is 0. The monoisotopic (exact) mass is 278 g/mol. The molecule has 0 bridgehead atoms. The summed E-state index contributed by atoms with van der Waals surface area (Å²) in [4.78, 5) is 4.30. The number of aliphatic imine (C=N–C) groups is 1. The fraction of sp³-hybridized carbons (Fsp3) is 0.909. The molecule has 1 atom stereocenters. The van der Waals surface area contributed by atoms with Crippen LogP contribution in [0, 0.1) is 5.92 Å². The predicted octanol–water partition coefficient (Wildman–Crippen LogP) is 1.53. The summed E-state index contributed by atoms with van der Waals surface area (Å²) < 4.78 is 22.6. The minimum atomic E-state index is -2.89. The Labute approximate surface area is 109 Å². The highest BCUT2D eigenvalue weighted by molar-refractivity contribution is 8.14. The molecule has 1 rings (SSSR count). The molecule has 4 nitrogen and oxygen atoms in total. The molecule has 1 fully saturated rings. The minimum absolute atomic E-state index is 0.157. The normalized spacial score (nSPS) is 23.3. The number of nitrogens with one attached hydrogen (secondary N) is 1. The molecule has 1 N–H and O–H groups in total. The van der Waals surface area contributed by atoms with Gasteiger partial charge in [-0.05, 0) is 12.3 Å². The first-order valence-corrected chi connectivity index (χ1v) is 8.88. The molecule has 17 heavy (non-hydrogen) atoms. The molecular weight excluding hydrogens is 256 g/mol. The Bertz CT molecular complexity index is 364. The van der Waals surface area contributed by atoms with Crippen molar-refractivity contribution in [1.82, 2.24) is 5.32 Å². The molecule has 0 saturated carbocycles. The van der Waals surface area contributed by atoms with E-state index in [1.165, 1.54) is 0 Å². The Morgan fingerprint density at radius 2 is 2.24 bits per heavy atom. The number of hydrogen-bond donors (Lipinski definition) is 1. The van der Waals surface area contributed by atoms with Gasteiger partial charge in [0.2, 0.25) is 0 Å². The third-order valence-corrected chi connectivity index (χ3v) is 5.38. The van der Waals surface area contributed by atoms with Crippen molar-refractivity contribution in [3.63, 3.8) is 0 Å². The van der Waals surface area contributed by atoms with Crippen molar-refractivity contribution in [2.45, 2.75) is 33.2 Å². The van der Waals surface area contributed by atoms with Crippen LogP contribution in [-0.4, -0.2) is 43.4 Å². The average molecular weight is 278 g/mol. The second-order valence-corrected chi connectivity index (χ2v) is 8.19. The van der Waals surface area contributed by atoms with Gasteiger partial charge in [-0.15, -0.1) is 0 Å². The van der Waals surface area contributed by atoms with Crippen LogP contribution in [0.15, 0.2) is 4.99 Å². The summed E-state index contributed by atoms with van der Waals surface area (Å²) in [7, 11) is -2.89. The highest BCUT2D eigenvalue weighted by Crippen LogP contribution is 2.18. The van der Waals surface area contributed by atoms with Gasteiger partial charge in [0.25, 0.3) is 0 Å². The molecule has 0 amide bonds. The standard InChI is InChI=1S/C11H22N2O2S2/c1-4-17(14,15)6-5-12-11-13-10(8-16-11)7-9(2)3/h9-10H,4-8H2,1-3H3,(H,12,13). The van der Waals surface area contributed by atoms with E-state index in [1.54, 1.807) is 18.7 Å². The molecule has 0 radical (unpaired) electrons. The maximum atomic E-state index is 11.3. The molecule has 6 heteroatoms. The van der Waals surface area contributed by atoms with Crippen molar-refractivity contribution in [3.8, 4) is 0 Å². The average Bonchev–Trinajstić information content (AvgIpc) is 2.64. The quantitative estimate of drug-likeness (QED) is 0.800. The van der Waals surface area contributed by atoms with E-state index in [1.807, 2.05) is 0 Å². The van der Waals surface area contributed by atoms with Crippen LogP contribution in [-0.2, 0) is 9.84 Å². The van der Waals surface area contributed by atoms with E-state index in [0.717, 1.165) is 17.3 Å². The zero-order chi connectivity index (χ0) is 12.9. The van der Waals surface area contributed by atoms with Gasteiger partial charge in [0, 0.05) is 17.5 Å². The maximum absolute atomic E-state index is 11.3. The lowest BCUT2D eigenvalue weighted by molar-refractivity contribution is 0.502. The van der Waals surface area contributed by atoms with Crippen LogP contribution in [0.1, 0.15) is 27.2 Å². The number of amidine groups is 1. The fourth-order valence-corrected chi connectivity index (χ4v) is 3.32. The van der Waals surface area contributed by atoms with Crippen LogP contribution >= 0.6 is 11.8 Å². The van der Waals surface area contributed by atoms with E-state index in [9.17, 15) is 8.42 Å². The summed E-state index contributed by atoms with van der Waals surface area (Å²) in [6.45, 7) is 6.45. The van der Waals surface area contributed by atoms with E-state index in [2.05, 4.69) is 24.2 Å². The maximum Gasteiger partial charge on any atom is 0.156 e. The SMILES string of the molecule is CCS(=O)(=O)CCN=C1NC(CC(C)C)CS1. The van der Waals surface area contributed by atoms with E-state index < -0.39 is 9.84 Å². The Kier molecular flexibility index (Phi) is 5.79. The van der Waals surface area contributed by atoms with Crippen LogP contribution in [0.5, 0.6) is 0 Å². The van der Waals surface area contributed by atoms with E-state index in [-0.39, 0.29) is 11.5 Å². The van der Waals surface area contributed by atoms with Crippen molar-refractivity contribution >= 4 is 26.8 Å². The Hall–Kier alpha value is -0.230. The first-order chi connectivity index (χ1) is 7.93. The molecule has 0 spiro atoms. The number of nitrogens with zero attached hydrogens (tertiary/aromatic N) is 1. The number of rotatable bonds is 6. The summed E-state index contributed by atoms with van der Waals surface area (Å²) in [5.74, 6) is 2.07. The van der Waals surface area contributed by atoms with E-state index in [4.69, 9.17) is 0 Å². The molecule has 1 unspecified atom stereocenters. The largest absolute Gasteiger partial charge is 0.361 e. The number of sulfone groups is 1. The molecule has 0 aromatic rings. The molecule has 1 aliphatic rings. The lowest BCUT2D eigenvalue weighted by atomic mass is 10.1. The summed E-state index contributed by atoms with van der Waals surface area (Å²) in [6.07, 6.45) is 1.14. The van der Waals surface area contributed by atoms with Crippen LogP contribution < -0.4 is 5.32 Å². The summed E-state index contributed by atoms with van der Waals surface area (Å²) >= 11 is 1.69. The Morgan fingerprint density at radius 3 is 2.82 bits per heavy atom. The smallest absolute Gasteiger partial charge is 0.156 e. The van der Waals surface area contributed by atoms with Gasteiger partial charge in [-0.2, -0.15) is 0 Å². The van der Waals surface area contributed by atoms with Crippen LogP contribution in [0.2, 0.25) is 0 Å². The van der Waals surface area contributed by atoms with E-state index >= 15 is 0 Å². The molecule has 1 aliphatic heterocycles. The zero-order valence-corrected chi connectivity index (χ0v) is 12.4.